The molecule has 1 aliphatic heterocycles. The predicted molar refractivity (Wildman–Crippen MR) is 64.3 cm³/mol. The Morgan fingerprint density at radius 3 is 2.62 bits per heavy atom. The normalized spacial score (nSPS) is 18.5. The van der Waals surface area contributed by atoms with E-state index in [0.29, 0.717) is 0 Å². The van der Waals surface area contributed by atoms with Crippen LogP contribution in [0, 0.1) is 0 Å². The van der Waals surface area contributed by atoms with Crippen LogP contribution in [0.2, 0.25) is 0 Å². The zero-order valence-corrected chi connectivity index (χ0v) is 9.47. The van der Waals surface area contributed by atoms with E-state index < -0.39 is 0 Å². The first-order valence-electron chi connectivity index (χ1n) is 5.88. The molecule has 0 spiro atoms. The molecule has 0 aliphatic carbocycles. The van der Waals surface area contributed by atoms with Crippen LogP contribution in [-0.2, 0) is 0 Å². The maximum Gasteiger partial charge on any atom is 0.128 e. The van der Waals surface area contributed by atoms with E-state index in [1.54, 1.807) is 6.20 Å². The molecule has 2 heterocycles. The summed E-state index contributed by atoms with van der Waals surface area (Å²) in [7, 11) is 0. The van der Waals surface area contributed by atoms with Crippen molar-refractivity contribution in [3.05, 3.63) is 23.9 Å². The van der Waals surface area contributed by atoms with Gasteiger partial charge < -0.3 is 15.7 Å². The molecule has 0 saturated carbocycles. The van der Waals surface area contributed by atoms with E-state index in [1.165, 1.54) is 19.3 Å². The molecule has 0 aromatic carbocycles. The number of piperidine rings is 1. The molecule has 0 radical (unpaired) electrons. The minimum absolute atomic E-state index is 0.0370. The molecule has 1 aromatic heterocycles. The first-order chi connectivity index (χ1) is 7.81. The van der Waals surface area contributed by atoms with E-state index in [0.717, 1.165) is 24.5 Å². The lowest BCUT2D eigenvalue weighted by molar-refractivity contribution is 0.268. The molecule has 88 valence electrons. The van der Waals surface area contributed by atoms with Crippen molar-refractivity contribution >= 4 is 5.82 Å². The molecule has 0 bridgehead atoms. The number of rotatable bonds is 3. The van der Waals surface area contributed by atoms with Gasteiger partial charge >= 0.3 is 0 Å². The summed E-state index contributed by atoms with van der Waals surface area (Å²) in [6.45, 7) is 2.15. The smallest absolute Gasteiger partial charge is 0.128 e. The van der Waals surface area contributed by atoms with Crippen molar-refractivity contribution in [2.75, 3.05) is 24.6 Å². The molecule has 0 unspecified atom stereocenters. The van der Waals surface area contributed by atoms with Crippen molar-refractivity contribution in [1.82, 2.24) is 4.98 Å². The summed E-state index contributed by atoms with van der Waals surface area (Å²) in [5, 5.41) is 8.94. The van der Waals surface area contributed by atoms with Gasteiger partial charge in [0.25, 0.3) is 0 Å². The minimum Gasteiger partial charge on any atom is -0.394 e. The summed E-state index contributed by atoms with van der Waals surface area (Å²) in [5.74, 6) is 1.02. The Morgan fingerprint density at radius 1 is 1.31 bits per heavy atom. The Labute approximate surface area is 96.1 Å². The molecule has 1 atom stereocenters. The van der Waals surface area contributed by atoms with Gasteiger partial charge in [-0.2, -0.15) is 0 Å². The van der Waals surface area contributed by atoms with E-state index in [9.17, 15) is 0 Å². The maximum atomic E-state index is 8.94. The monoisotopic (exact) mass is 221 g/mol. The van der Waals surface area contributed by atoms with E-state index in [2.05, 4.69) is 9.88 Å². The highest BCUT2D eigenvalue weighted by Crippen LogP contribution is 2.18. The Kier molecular flexibility index (Phi) is 3.74. The van der Waals surface area contributed by atoms with Gasteiger partial charge in [-0.15, -0.1) is 0 Å². The van der Waals surface area contributed by atoms with E-state index in [-0.39, 0.29) is 12.6 Å². The van der Waals surface area contributed by atoms with Crippen LogP contribution in [0.15, 0.2) is 18.3 Å². The maximum absolute atomic E-state index is 8.94. The Balaban J connectivity index is 2.06. The van der Waals surface area contributed by atoms with Crippen molar-refractivity contribution in [3.8, 4) is 0 Å². The number of anilines is 1. The van der Waals surface area contributed by atoms with Crippen LogP contribution in [-0.4, -0.2) is 29.8 Å². The van der Waals surface area contributed by atoms with E-state index in [4.69, 9.17) is 10.8 Å². The molecular formula is C12H19N3O. The molecule has 4 nitrogen and oxygen atoms in total. The van der Waals surface area contributed by atoms with Crippen LogP contribution in [0.4, 0.5) is 5.82 Å². The molecule has 1 fully saturated rings. The second kappa shape index (κ2) is 5.27. The van der Waals surface area contributed by atoms with Gasteiger partial charge in [0.1, 0.15) is 5.82 Å². The number of hydrogen-bond acceptors (Lipinski definition) is 4. The molecule has 0 amide bonds. The fourth-order valence-electron chi connectivity index (χ4n) is 2.03. The largest absolute Gasteiger partial charge is 0.394 e. The third-order valence-corrected chi connectivity index (χ3v) is 3.08. The topological polar surface area (TPSA) is 62.4 Å². The van der Waals surface area contributed by atoms with Crippen molar-refractivity contribution in [3.63, 3.8) is 0 Å². The van der Waals surface area contributed by atoms with Gasteiger partial charge in [0.05, 0.1) is 12.6 Å². The molecular weight excluding hydrogens is 202 g/mol. The summed E-state index contributed by atoms with van der Waals surface area (Å²) < 4.78 is 0. The van der Waals surface area contributed by atoms with Crippen LogP contribution in [0.5, 0.6) is 0 Å². The minimum atomic E-state index is -0.317. The second-order valence-corrected chi connectivity index (χ2v) is 4.29. The standard InChI is InChI=1S/C12H19N3O/c13-11(9-16)10-4-5-12(14-8-10)15-6-2-1-3-7-15/h4-5,8,11,16H,1-3,6-7,9,13H2/t11-/m1/s1. The third-order valence-electron chi connectivity index (χ3n) is 3.08. The van der Waals surface area contributed by atoms with Crippen molar-refractivity contribution < 1.29 is 5.11 Å². The molecule has 2 rings (SSSR count). The van der Waals surface area contributed by atoms with Gasteiger partial charge in [-0.05, 0) is 30.9 Å². The number of nitrogens with zero attached hydrogens (tertiary/aromatic N) is 2. The van der Waals surface area contributed by atoms with Crippen molar-refractivity contribution in [1.29, 1.82) is 0 Å². The zero-order valence-electron chi connectivity index (χ0n) is 9.47. The molecule has 1 aliphatic rings. The SMILES string of the molecule is N[C@H](CO)c1ccc(N2CCCCC2)nc1. The first-order valence-corrected chi connectivity index (χ1v) is 5.88. The Bertz CT molecular complexity index is 320. The highest BCUT2D eigenvalue weighted by Gasteiger charge is 2.12. The Hall–Kier alpha value is -1.13. The van der Waals surface area contributed by atoms with Crippen LogP contribution < -0.4 is 10.6 Å². The van der Waals surface area contributed by atoms with E-state index in [1.807, 2.05) is 12.1 Å². The molecule has 3 N–H and O–H groups in total. The molecule has 1 aromatic rings. The number of aliphatic hydroxyl groups is 1. The fraction of sp³-hybridized carbons (Fsp3) is 0.583. The van der Waals surface area contributed by atoms with Crippen LogP contribution in [0.3, 0.4) is 0 Å². The summed E-state index contributed by atoms with van der Waals surface area (Å²) in [5.41, 5.74) is 6.61. The Morgan fingerprint density at radius 2 is 2.06 bits per heavy atom. The third kappa shape index (κ3) is 2.51. The average molecular weight is 221 g/mol. The summed E-state index contributed by atoms with van der Waals surface area (Å²) in [4.78, 5) is 6.71. The lowest BCUT2D eigenvalue weighted by Crippen LogP contribution is -2.30. The highest BCUT2D eigenvalue weighted by molar-refractivity contribution is 5.40. The quantitative estimate of drug-likeness (QED) is 0.801. The molecule has 16 heavy (non-hydrogen) atoms. The molecule has 1 saturated heterocycles. The lowest BCUT2D eigenvalue weighted by atomic mass is 10.1. The highest BCUT2D eigenvalue weighted by atomic mass is 16.3. The van der Waals surface area contributed by atoms with Gasteiger partial charge in [0.15, 0.2) is 0 Å². The van der Waals surface area contributed by atoms with Crippen LogP contribution >= 0.6 is 0 Å². The number of pyridine rings is 1. The number of aliphatic hydroxyl groups excluding tert-OH is 1. The number of nitrogens with two attached hydrogens (primary N) is 1. The van der Waals surface area contributed by atoms with Crippen LogP contribution in [0.1, 0.15) is 30.9 Å². The summed E-state index contributed by atoms with van der Waals surface area (Å²) >= 11 is 0. The van der Waals surface area contributed by atoms with Gasteiger partial charge in [-0.25, -0.2) is 4.98 Å². The fourth-order valence-corrected chi connectivity index (χ4v) is 2.03. The summed E-state index contributed by atoms with van der Waals surface area (Å²) in [6, 6.07) is 3.64. The van der Waals surface area contributed by atoms with Crippen molar-refractivity contribution in [2.45, 2.75) is 25.3 Å². The van der Waals surface area contributed by atoms with Gasteiger partial charge in [-0.3, -0.25) is 0 Å². The van der Waals surface area contributed by atoms with E-state index >= 15 is 0 Å². The molecule has 4 heteroatoms. The number of hydrogen-bond donors (Lipinski definition) is 2. The summed E-state index contributed by atoms with van der Waals surface area (Å²) in [6.07, 6.45) is 5.59. The van der Waals surface area contributed by atoms with Crippen LogP contribution in [0.25, 0.3) is 0 Å². The lowest BCUT2D eigenvalue weighted by Gasteiger charge is -2.27. The van der Waals surface area contributed by atoms with Gasteiger partial charge in [0.2, 0.25) is 0 Å². The average Bonchev–Trinajstić information content (AvgIpc) is 2.39. The van der Waals surface area contributed by atoms with Crippen molar-refractivity contribution in [2.24, 2.45) is 5.73 Å². The predicted octanol–water partition coefficient (Wildman–Crippen LogP) is 1.06. The second-order valence-electron chi connectivity index (χ2n) is 4.29. The first kappa shape index (κ1) is 11.4. The van der Waals surface area contributed by atoms with Gasteiger partial charge in [-0.1, -0.05) is 6.07 Å². The van der Waals surface area contributed by atoms with Gasteiger partial charge in [0, 0.05) is 19.3 Å². The zero-order chi connectivity index (χ0) is 11.4. The number of aromatic nitrogens is 1.